The average molecular weight is 267 g/mol. The lowest BCUT2D eigenvalue weighted by Gasteiger charge is -2.15. The van der Waals surface area contributed by atoms with E-state index < -0.39 is 30.9 Å². The summed E-state index contributed by atoms with van der Waals surface area (Å²) in [6, 6.07) is 4.55. The van der Waals surface area contributed by atoms with Crippen molar-refractivity contribution in [2.24, 2.45) is 0 Å². The van der Waals surface area contributed by atoms with Crippen LogP contribution in [0.15, 0.2) is 18.2 Å². The van der Waals surface area contributed by atoms with E-state index in [0.717, 1.165) is 18.2 Å². The van der Waals surface area contributed by atoms with Crippen molar-refractivity contribution in [3.05, 3.63) is 23.8 Å². The number of nitriles is 1. The number of alkyl halides is 5. The van der Waals surface area contributed by atoms with Gasteiger partial charge in [-0.15, -0.1) is 13.2 Å². The van der Waals surface area contributed by atoms with E-state index in [4.69, 9.17) is 5.26 Å². The zero-order valence-electron chi connectivity index (χ0n) is 8.67. The second-order valence-corrected chi connectivity index (χ2v) is 2.99. The van der Waals surface area contributed by atoms with Gasteiger partial charge in [0.2, 0.25) is 0 Å². The maximum Gasteiger partial charge on any atom is 0.573 e. The molecule has 0 fully saturated rings. The molecule has 98 valence electrons. The summed E-state index contributed by atoms with van der Waals surface area (Å²) in [5.74, 6) is -1.25. The van der Waals surface area contributed by atoms with Crippen LogP contribution in [0, 0.1) is 11.3 Å². The first kappa shape index (κ1) is 14.0. The van der Waals surface area contributed by atoms with Gasteiger partial charge in [0.15, 0.2) is 0 Å². The lowest BCUT2D eigenvalue weighted by atomic mass is 10.1. The van der Waals surface area contributed by atoms with E-state index in [1.165, 1.54) is 0 Å². The van der Waals surface area contributed by atoms with Crippen LogP contribution in [0.2, 0.25) is 0 Å². The van der Waals surface area contributed by atoms with Gasteiger partial charge >= 0.3 is 13.0 Å². The number of benzene rings is 1. The molecule has 0 heterocycles. The fraction of sp³-hybridized carbons (Fsp3) is 0.300. The SMILES string of the molecule is N#CCc1c(OC(F)F)cccc1OC(F)(F)F. The molecule has 0 radical (unpaired) electrons. The summed E-state index contributed by atoms with van der Waals surface area (Å²) in [6.07, 6.45) is -5.53. The van der Waals surface area contributed by atoms with E-state index in [0.29, 0.717) is 0 Å². The molecule has 8 heteroatoms. The van der Waals surface area contributed by atoms with Crippen molar-refractivity contribution in [2.75, 3.05) is 0 Å². The molecule has 1 rings (SSSR count). The molecule has 0 aliphatic heterocycles. The molecule has 0 aromatic heterocycles. The fourth-order valence-corrected chi connectivity index (χ4v) is 1.23. The third-order valence-electron chi connectivity index (χ3n) is 1.79. The topological polar surface area (TPSA) is 42.2 Å². The van der Waals surface area contributed by atoms with Crippen LogP contribution < -0.4 is 9.47 Å². The third-order valence-corrected chi connectivity index (χ3v) is 1.79. The van der Waals surface area contributed by atoms with Gasteiger partial charge in [0.05, 0.1) is 18.1 Å². The summed E-state index contributed by atoms with van der Waals surface area (Å²) >= 11 is 0. The number of ether oxygens (including phenoxy) is 2. The Hall–Kier alpha value is -2.04. The maximum absolute atomic E-state index is 12.1. The normalized spacial score (nSPS) is 11.2. The minimum atomic E-state index is -4.98. The highest BCUT2D eigenvalue weighted by Crippen LogP contribution is 2.33. The number of nitrogens with zero attached hydrogens (tertiary/aromatic N) is 1. The molecule has 0 aliphatic rings. The summed E-state index contributed by atoms with van der Waals surface area (Å²) in [5.41, 5.74) is -0.377. The number of hydrogen-bond acceptors (Lipinski definition) is 3. The Kier molecular flexibility index (Phi) is 4.31. The second-order valence-electron chi connectivity index (χ2n) is 2.99. The Morgan fingerprint density at radius 2 is 1.83 bits per heavy atom. The van der Waals surface area contributed by atoms with Gasteiger partial charge < -0.3 is 9.47 Å². The summed E-state index contributed by atoms with van der Waals surface area (Å²) in [7, 11) is 0. The summed E-state index contributed by atoms with van der Waals surface area (Å²) < 4.78 is 67.9. The lowest BCUT2D eigenvalue weighted by Crippen LogP contribution is -2.18. The van der Waals surface area contributed by atoms with Crippen LogP contribution in [0.5, 0.6) is 11.5 Å². The summed E-state index contributed by atoms with van der Waals surface area (Å²) in [6.45, 7) is -3.21. The number of halogens is 5. The first-order chi connectivity index (χ1) is 8.33. The summed E-state index contributed by atoms with van der Waals surface area (Å²) in [5, 5.41) is 8.47. The first-order valence-corrected chi connectivity index (χ1v) is 4.53. The van der Waals surface area contributed by atoms with Gasteiger partial charge in [-0.25, -0.2) is 0 Å². The van der Waals surface area contributed by atoms with Crippen molar-refractivity contribution < 1.29 is 31.4 Å². The fourth-order valence-electron chi connectivity index (χ4n) is 1.23. The lowest BCUT2D eigenvalue weighted by molar-refractivity contribution is -0.274. The summed E-state index contributed by atoms with van der Waals surface area (Å²) in [4.78, 5) is 0. The molecule has 0 atom stereocenters. The van der Waals surface area contributed by atoms with Gasteiger partial charge in [-0.1, -0.05) is 6.07 Å². The van der Waals surface area contributed by atoms with Crippen LogP contribution in [0.3, 0.4) is 0 Å². The third kappa shape index (κ3) is 4.08. The monoisotopic (exact) mass is 267 g/mol. The Morgan fingerprint density at radius 1 is 1.22 bits per heavy atom. The van der Waals surface area contributed by atoms with Gasteiger partial charge in [0.25, 0.3) is 0 Å². The molecule has 18 heavy (non-hydrogen) atoms. The van der Waals surface area contributed by atoms with Gasteiger partial charge in [-0.3, -0.25) is 0 Å². The van der Waals surface area contributed by atoms with Gasteiger partial charge in [0.1, 0.15) is 11.5 Å². The minimum absolute atomic E-state index is 0.377. The van der Waals surface area contributed by atoms with Crippen LogP contribution in [0.1, 0.15) is 5.56 Å². The smallest absolute Gasteiger partial charge is 0.434 e. The molecule has 0 amide bonds. The van der Waals surface area contributed by atoms with E-state index >= 15 is 0 Å². The van der Waals surface area contributed by atoms with E-state index in [1.54, 1.807) is 6.07 Å². The molecule has 0 N–H and O–H groups in total. The molecular weight excluding hydrogens is 261 g/mol. The van der Waals surface area contributed by atoms with Gasteiger partial charge in [0, 0.05) is 0 Å². The Morgan fingerprint density at radius 3 is 2.33 bits per heavy atom. The van der Waals surface area contributed by atoms with Crippen LogP contribution in [0.25, 0.3) is 0 Å². The largest absolute Gasteiger partial charge is 0.573 e. The molecule has 0 unspecified atom stereocenters. The molecule has 0 aliphatic carbocycles. The van der Waals surface area contributed by atoms with Crippen molar-refractivity contribution in [1.82, 2.24) is 0 Å². The van der Waals surface area contributed by atoms with Crippen molar-refractivity contribution in [3.8, 4) is 17.6 Å². The molecule has 3 nitrogen and oxygen atoms in total. The highest BCUT2D eigenvalue weighted by Gasteiger charge is 2.32. The van der Waals surface area contributed by atoms with E-state index in [1.807, 2.05) is 0 Å². The molecule has 0 spiro atoms. The Balaban J connectivity index is 3.13. The van der Waals surface area contributed by atoms with Crippen molar-refractivity contribution in [2.45, 2.75) is 19.4 Å². The van der Waals surface area contributed by atoms with Crippen LogP contribution >= 0.6 is 0 Å². The van der Waals surface area contributed by atoms with Crippen LogP contribution in [-0.4, -0.2) is 13.0 Å². The van der Waals surface area contributed by atoms with E-state index in [-0.39, 0.29) is 5.56 Å². The van der Waals surface area contributed by atoms with Crippen molar-refractivity contribution in [3.63, 3.8) is 0 Å². The zero-order valence-corrected chi connectivity index (χ0v) is 8.67. The van der Waals surface area contributed by atoms with Crippen LogP contribution in [0.4, 0.5) is 22.0 Å². The van der Waals surface area contributed by atoms with Crippen molar-refractivity contribution in [1.29, 1.82) is 5.26 Å². The highest BCUT2D eigenvalue weighted by atomic mass is 19.4. The van der Waals surface area contributed by atoms with Gasteiger partial charge in [-0.2, -0.15) is 14.0 Å². The molecule has 0 bridgehead atoms. The highest BCUT2D eigenvalue weighted by molar-refractivity contribution is 5.46. The first-order valence-electron chi connectivity index (χ1n) is 4.53. The molecule has 0 saturated heterocycles. The molecule has 1 aromatic carbocycles. The molecular formula is C10H6F5NO2. The van der Waals surface area contributed by atoms with Gasteiger partial charge in [-0.05, 0) is 12.1 Å². The standard InChI is InChI=1S/C10H6F5NO2/c11-9(12)17-7-2-1-3-8(6(7)4-5-16)18-10(13,14)15/h1-3,9H,4H2. The number of hydrogen-bond donors (Lipinski definition) is 0. The predicted octanol–water partition coefficient (Wildman–Crippen LogP) is 3.25. The van der Waals surface area contributed by atoms with E-state index in [9.17, 15) is 22.0 Å². The second kappa shape index (κ2) is 5.53. The molecule has 0 saturated carbocycles. The van der Waals surface area contributed by atoms with Crippen LogP contribution in [-0.2, 0) is 6.42 Å². The minimum Gasteiger partial charge on any atom is -0.434 e. The molecule has 1 aromatic rings. The Labute approximate surface area is 98.3 Å². The zero-order chi connectivity index (χ0) is 13.8. The van der Waals surface area contributed by atoms with Crippen molar-refractivity contribution >= 4 is 0 Å². The Bertz CT molecular complexity index is 453. The predicted molar refractivity (Wildman–Crippen MR) is 49.1 cm³/mol. The average Bonchev–Trinajstić information content (AvgIpc) is 2.20. The number of rotatable bonds is 4. The maximum atomic E-state index is 12.1. The van der Waals surface area contributed by atoms with E-state index in [2.05, 4.69) is 9.47 Å². The quantitative estimate of drug-likeness (QED) is 0.786.